The van der Waals surface area contributed by atoms with Crippen molar-refractivity contribution in [2.75, 3.05) is 6.54 Å². The van der Waals surface area contributed by atoms with Crippen LogP contribution in [0.15, 0.2) is 24.3 Å². The Morgan fingerprint density at radius 3 is 3.13 bits per heavy atom. The van der Waals surface area contributed by atoms with Gasteiger partial charge in [0, 0.05) is 5.25 Å². The Morgan fingerprint density at radius 2 is 2.40 bits per heavy atom. The summed E-state index contributed by atoms with van der Waals surface area (Å²) < 4.78 is 0. The lowest BCUT2D eigenvalue weighted by Crippen LogP contribution is -2.28. The smallest absolute Gasteiger partial charge is 0.0991 e. The minimum atomic E-state index is 0.349. The Morgan fingerprint density at radius 1 is 1.53 bits per heavy atom. The fourth-order valence-electron chi connectivity index (χ4n) is 1.73. The molecule has 0 aliphatic carbocycles. The molecule has 0 radical (unpaired) electrons. The van der Waals surface area contributed by atoms with Crippen LogP contribution in [-0.2, 0) is 0 Å². The van der Waals surface area contributed by atoms with E-state index in [-0.39, 0.29) is 0 Å². The van der Waals surface area contributed by atoms with E-state index in [1.807, 2.05) is 30.0 Å². The average Bonchev–Trinajstić information content (AvgIpc) is 2.29. The van der Waals surface area contributed by atoms with Crippen LogP contribution in [0.4, 0.5) is 0 Å². The van der Waals surface area contributed by atoms with Crippen LogP contribution in [0, 0.1) is 11.3 Å². The lowest BCUT2D eigenvalue weighted by Gasteiger charge is -2.28. The molecule has 1 aliphatic heterocycles. The number of nitrogens with zero attached hydrogens (tertiary/aromatic N) is 1. The van der Waals surface area contributed by atoms with E-state index in [0.717, 1.165) is 12.1 Å². The molecule has 1 aromatic carbocycles. The van der Waals surface area contributed by atoms with Crippen LogP contribution in [-0.4, -0.2) is 11.8 Å². The summed E-state index contributed by atoms with van der Waals surface area (Å²) in [6, 6.07) is 10.0. The third-order valence-electron chi connectivity index (χ3n) is 2.57. The lowest BCUT2D eigenvalue weighted by atomic mass is 10.1. The van der Waals surface area contributed by atoms with Crippen molar-refractivity contribution in [1.82, 2.24) is 5.32 Å². The summed E-state index contributed by atoms with van der Waals surface area (Å²) in [5, 5.41) is 13.4. The van der Waals surface area contributed by atoms with Crippen molar-refractivity contribution in [3.8, 4) is 6.07 Å². The monoisotopic (exact) mass is 218 g/mol. The predicted octanol–water partition coefficient (Wildman–Crippen LogP) is 2.67. The molecule has 2 nitrogen and oxygen atoms in total. The van der Waals surface area contributed by atoms with Crippen molar-refractivity contribution in [3.63, 3.8) is 0 Å². The van der Waals surface area contributed by atoms with E-state index in [0.29, 0.717) is 10.6 Å². The zero-order valence-corrected chi connectivity index (χ0v) is 9.55. The molecule has 0 amide bonds. The molecule has 1 heterocycles. The highest BCUT2D eigenvalue weighted by Crippen LogP contribution is 2.34. The molecule has 0 bridgehead atoms. The maximum absolute atomic E-state index is 8.84. The van der Waals surface area contributed by atoms with Gasteiger partial charge in [-0.05, 0) is 30.7 Å². The molecule has 0 saturated carbocycles. The van der Waals surface area contributed by atoms with Crippen molar-refractivity contribution < 1.29 is 0 Å². The molecule has 2 atom stereocenters. The van der Waals surface area contributed by atoms with Crippen LogP contribution in [0.5, 0.6) is 0 Å². The number of nitrogens with one attached hydrogen (secondary N) is 1. The number of rotatable bonds is 1. The summed E-state index contributed by atoms with van der Waals surface area (Å²) in [4.78, 5) is 0. The summed E-state index contributed by atoms with van der Waals surface area (Å²) in [6.45, 7) is 3.32. The summed E-state index contributed by atoms with van der Waals surface area (Å²) >= 11 is 1.94. The van der Waals surface area contributed by atoms with E-state index >= 15 is 0 Å². The van der Waals surface area contributed by atoms with Gasteiger partial charge in [-0.2, -0.15) is 5.26 Å². The Kier molecular flexibility index (Phi) is 3.30. The van der Waals surface area contributed by atoms with Gasteiger partial charge in [0.25, 0.3) is 0 Å². The SMILES string of the molecule is CC1CCNC(c2cccc(C#N)c2)S1. The van der Waals surface area contributed by atoms with Gasteiger partial charge in [0.2, 0.25) is 0 Å². The van der Waals surface area contributed by atoms with Gasteiger partial charge in [0.1, 0.15) is 0 Å². The topological polar surface area (TPSA) is 35.8 Å². The summed E-state index contributed by atoms with van der Waals surface area (Å²) in [7, 11) is 0. The zero-order valence-electron chi connectivity index (χ0n) is 8.73. The van der Waals surface area contributed by atoms with Crippen LogP contribution >= 0.6 is 11.8 Å². The average molecular weight is 218 g/mol. The standard InChI is InChI=1S/C12H14N2S/c1-9-5-6-14-12(15-9)11-4-2-3-10(7-11)8-13/h2-4,7,9,12,14H,5-6H2,1H3. The van der Waals surface area contributed by atoms with Crippen LogP contribution in [0.25, 0.3) is 0 Å². The quantitative estimate of drug-likeness (QED) is 0.787. The van der Waals surface area contributed by atoms with Gasteiger partial charge in [-0.1, -0.05) is 19.1 Å². The molecular weight excluding hydrogens is 204 g/mol. The van der Waals surface area contributed by atoms with Crippen molar-refractivity contribution in [2.24, 2.45) is 0 Å². The first-order valence-electron chi connectivity index (χ1n) is 5.18. The van der Waals surface area contributed by atoms with Gasteiger partial charge in [-0.25, -0.2) is 0 Å². The van der Waals surface area contributed by atoms with Gasteiger partial charge in [0.15, 0.2) is 0 Å². The maximum atomic E-state index is 8.84. The highest BCUT2D eigenvalue weighted by molar-refractivity contribution is 8.00. The first kappa shape index (κ1) is 10.5. The number of benzene rings is 1. The fourth-order valence-corrected chi connectivity index (χ4v) is 2.97. The van der Waals surface area contributed by atoms with E-state index < -0.39 is 0 Å². The molecule has 1 aromatic rings. The van der Waals surface area contributed by atoms with Crippen molar-refractivity contribution in [2.45, 2.75) is 24.0 Å². The summed E-state index contributed by atoms with van der Waals surface area (Å²) in [5.74, 6) is 0. The van der Waals surface area contributed by atoms with E-state index in [1.54, 1.807) is 0 Å². The van der Waals surface area contributed by atoms with Crippen molar-refractivity contribution in [1.29, 1.82) is 5.26 Å². The van der Waals surface area contributed by atoms with Crippen LogP contribution in [0.1, 0.15) is 29.8 Å². The molecule has 0 spiro atoms. The molecular formula is C12H14N2S. The van der Waals surface area contributed by atoms with Gasteiger partial charge in [-0.15, -0.1) is 11.8 Å². The Labute approximate surface area is 94.7 Å². The molecule has 2 rings (SSSR count). The normalized spacial score (nSPS) is 25.9. The third kappa shape index (κ3) is 2.53. The molecule has 1 N–H and O–H groups in total. The Bertz CT molecular complexity index is 383. The van der Waals surface area contributed by atoms with Crippen LogP contribution in [0.3, 0.4) is 0 Å². The number of thioether (sulfide) groups is 1. The van der Waals surface area contributed by atoms with Crippen molar-refractivity contribution in [3.05, 3.63) is 35.4 Å². The molecule has 1 aliphatic rings. The molecule has 0 aromatic heterocycles. The third-order valence-corrected chi connectivity index (χ3v) is 3.98. The molecule has 1 fully saturated rings. The van der Waals surface area contributed by atoms with Crippen LogP contribution in [0.2, 0.25) is 0 Å². The zero-order chi connectivity index (χ0) is 10.7. The second-order valence-electron chi connectivity index (χ2n) is 3.81. The van der Waals surface area contributed by atoms with E-state index in [1.165, 1.54) is 12.0 Å². The summed E-state index contributed by atoms with van der Waals surface area (Å²) in [6.07, 6.45) is 1.22. The van der Waals surface area contributed by atoms with E-state index in [9.17, 15) is 0 Å². The van der Waals surface area contributed by atoms with Gasteiger partial charge < -0.3 is 5.32 Å². The maximum Gasteiger partial charge on any atom is 0.0991 e. The van der Waals surface area contributed by atoms with E-state index in [2.05, 4.69) is 24.4 Å². The van der Waals surface area contributed by atoms with Crippen LogP contribution < -0.4 is 5.32 Å². The van der Waals surface area contributed by atoms with E-state index in [4.69, 9.17) is 5.26 Å². The molecule has 15 heavy (non-hydrogen) atoms. The van der Waals surface area contributed by atoms with Crippen molar-refractivity contribution >= 4 is 11.8 Å². The first-order valence-corrected chi connectivity index (χ1v) is 6.13. The van der Waals surface area contributed by atoms with Gasteiger partial charge in [-0.3, -0.25) is 0 Å². The second-order valence-corrected chi connectivity index (χ2v) is 5.36. The Balaban J connectivity index is 2.18. The highest BCUT2D eigenvalue weighted by atomic mass is 32.2. The predicted molar refractivity (Wildman–Crippen MR) is 63.6 cm³/mol. The number of nitriles is 1. The highest BCUT2D eigenvalue weighted by Gasteiger charge is 2.20. The molecule has 1 saturated heterocycles. The number of hydrogen-bond acceptors (Lipinski definition) is 3. The Hall–Kier alpha value is -0.980. The molecule has 2 unspecified atom stereocenters. The summed E-state index contributed by atoms with van der Waals surface area (Å²) in [5.41, 5.74) is 1.96. The lowest BCUT2D eigenvalue weighted by molar-refractivity contribution is 0.605. The fraction of sp³-hybridized carbons (Fsp3) is 0.417. The molecule has 3 heteroatoms. The molecule has 78 valence electrons. The largest absolute Gasteiger partial charge is 0.302 e. The number of hydrogen-bond donors (Lipinski definition) is 1. The van der Waals surface area contributed by atoms with Gasteiger partial charge in [0.05, 0.1) is 17.0 Å². The van der Waals surface area contributed by atoms with Gasteiger partial charge >= 0.3 is 0 Å². The minimum absolute atomic E-state index is 0.349. The second kappa shape index (κ2) is 4.69. The minimum Gasteiger partial charge on any atom is -0.302 e. The first-order chi connectivity index (χ1) is 7.29.